The van der Waals surface area contributed by atoms with Crippen LogP contribution in [0.4, 0.5) is 5.69 Å². The van der Waals surface area contributed by atoms with E-state index in [0.29, 0.717) is 0 Å². The van der Waals surface area contributed by atoms with Gasteiger partial charge in [0.05, 0.1) is 0 Å². The number of nitrogens with one attached hydrogen (secondary N) is 1. The molecule has 4 heteroatoms. The molecule has 1 aromatic carbocycles. The molecule has 3 nitrogen and oxygen atoms in total. The SMILES string of the molecule is CCCNCc1c(Cl)cccc1N(CC)CCCO. The number of rotatable bonds is 9. The Morgan fingerprint density at radius 3 is 2.74 bits per heavy atom. The van der Waals surface area contributed by atoms with Gasteiger partial charge in [-0.3, -0.25) is 0 Å². The highest BCUT2D eigenvalue weighted by atomic mass is 35.5. The number of anilines is 1. The first-order valence-electron chi connectivity index (χ1n) is 7.08. The van der Waals surface area contributed by atoms with Gasteiger partial charge in [0.2, 0.25) is 0 Å². The summed E-state index contributed by atoms with van der Waals surface area (Å²) in [5.41, 5.74) is 2.32. The van der Waals surface area contributed by atoms with Crippen molar-refractivity contribution in [2.45, 2.75) is 33.2 Å². The molecule has 0 aromatic heterocycles. The summed E-state index contributed by atoms with van der Waals surface area (Å²) in [6.07, 6.45) is 1.89. The van der Waals surface area contributed by atoms with Gasteiger partial charge in [0.15, 0.2) is 0 Å². The fourth-order valence-corrected chi connectivity index (χ4v) is 2.36. The normalized spacial score (nSPS) is 10.7. The van der Waals surface area contributed by atoms with Gasteiger partial charge in [-0.25, -0.2) is 0 Å². The van der Waals surface area contributed by atoms with Crippen LogP contribution in [0.3, 0.4) is 0 Å². The molecule has 0 saturated carbocycles. The number of nitrogens with zero attached hydrogens (tertiary/aromatic N) is 1. The Kier molecular flexibility index (Phi) is 7.87. The Morgan fingerprint density at radius 1 is 1.32 bits per heavy atom. The second-order valence-corrected chi connectivity index (χ2v) is 4.98. The molecule has 2 N–H and O–H groups in total. The topological polar surface area (TPSA) is 35.5 Å². The molecule has 0 heterocycles. The Balaban J connectivity index is 2.87. The fourth-order valence-electron chi connectivity index (χ4n) is 2.12. The molecule has 0 atom stereocenters. The van der Waals surface area contributed by atoms with Crippen LogP contribution in [-0.2, 0) is 6.54 Å². The summed E-state index contributed by atoms with van der Waals surface area (Å²) in [5, 5.41) is 13.2. The average molecular weight is 285 g/mol. The quantitative estimate of drug-likeness (QED) is 0.684. The van der Waals surface area contributed by atoms with Crippen LogP contribution in [0.15, 0.2) is 18.2 Å². The summed E-state index contributed by atoms with van der Waals surface area (Å²) in [6.45, 7) is 8.06. The number of hydrogen-bond acceptors (Lipinski definition) is 3. The molecule has 1 rings (SSSR count). The fraction of sp³-hybridized carbons (Fsp3) is 0.600. The summed E-state index contributed by atoms with van der Waals surface area (Å²) < 4.78 is 0. The van der Waals surface area contributed by atoms with Gasteiger partial charge in [-0.15, -0.1) is 0 Å². The molecule has 0 aliphatic carbocycles. The molecule has 0 unspecified atom stereocenters. The van der Waals surface area contributed by atoms with Gasteiger partial charge < -0.3 is 15.3 Å². The van der Waals surface area contributed by atoms with Crippen molar-refractivity contribution in [2.24, 2.45) is 0 Å². The lowest BCUT2D eigenvalue weighted by Gasteiger charge is -2.26. The first kappa shape index (κ1) is 16.3. The Hall–Kier alpha value is -0.770. The van der Waals surface area contributed by atoms with Gasteiger partial charge in [-0.05, 0) is 38.4 Å². The Morgan fingerprint density at radius 2 is 2.11 bits per heavy atom. The highest BCUT2D eigenvalue weighted by Gasteiger charge is 2.12. The van der Waals surface area contributed by atoms with Crippen molar-refractivity contribution in [3.63, 3.8) is 0 Å². The van der Waals surface area contributed by atoms with E-state index < -0.39 is 0 Å². The Bertz CT molecular complexity index is 371. The third-order valence-corrected chi connectivity index (χ3v) is 3.49. The smallest absolute Gasteiger partial charge is 0.0471 e. The third-order valence-electron chi connectivity index (χ3n) is 3.13. The maximum atomic E-state index is 8.99. The van der Waals surface area contributed by atoms with Crippen molar-refractivity contribution in [3.05, 3.63) is 28.8 Å². The molecule has 0 saturated heterocycles. The first-order chi connectivity index (χ1) is 9.24. The molecule has 0 radical (unpaired) electrons. The number of aliphatic hydroxyl groups is 1. The number of aliphatic hydroxyl groups excluding tert-OH is 1. The molecular formula is C15H25ClN2O. The van der Waals surface area contributed by atoms with Gasteiger partial charge in [-0.1, -0.05) is 24.6 Å². The zero-order chi connectivity index (χ0) is 14.1. The number of benzene rings is 1. The van der Waals surface area contributed by atoms with Gasteiger partial charge in [0.25, 0.3) is 0 Å². The molecule has 108 valence electrons. The molecule has 0 amide bonds. The van der Waals surface area contributed by atoms with Crippen molar-refractivity contribution < 1.29 is 5.11 Å². The number of halogens is 1. The maximum Gasteiger partial charge on any atom is 0.0471 e. The highest BCUT2D eigenvalue weighted by Crippen LogP contribution is 2.27. The molecule has 0 bridgehead atoms. The van der Waals surface area contributed by atoms with Gasteiger partial charge in [0, 0.05) is 42.5 Å². The van der Waals surface area contributed by atoms with Crippen LogP contribution >= 0.6 is 11.6 Å². The maximum absolute atomic E-state index is 8.99. The van der Waals surface area contributed by atoms with Crippen LogP contribution in [0.5, 0.6) is 0 Å². The lowest BCUT2D eigenvalue weighted by atomic mass is 10.1. The second kappa shape index (κ2) is 9.18. The summed E-state index contributed by atoms with van der Waals surface area (Å²) in [6, 6.07) is 6.03. The van der Waals surface area contributed by atoms with Crippen molar-refractivity contribution in [2.75, 3.05) is 31.1 Å². The van der Waals surface area contributed by atoms with E-state index in [9.17, 15) is 0 Å². The molecule has 1 aromatic rings. The van der Waals surface area contributed by atoms with Crippen LogP contribution in [0, 0.1) is 0 Å². The van der Waals surface area contributed by atoms with Gasteiger partial charge >= 0.3 is 0 Å². The zero-order valence-electron chi connectivity index (χ0n) is 12.0. The van der Waals surface area contributed by atoms with Crippen LogP contribution in [-0.4, -0.2) is 31.3 Å². The van der Waals surface area contributed by atoms with E-state index in [4.69, 9.17) is 16.7 Å². The standard InChI is InChI=1S/C15H25ClN2O/c1-3-9-17-12-13-14(16)7-5-8-15(13)18(4-2)10-6-11-19/h5,7-8,17,19H,3-4,6,9-12H2,1-2H3. The van der Waals surface area contributed by atoms with Crippen LogP contribution in [0.2, 0.25) is 5.02 Å². The Labute approximate surface area is 121 Å². The van der Waals surface area contributed by atoms with Gasteiger partial charge in [0.1, 0.15) is 0 Å². The summed E-state index contributed by atoms with van der Waals surface area (Å²) in [5.74, 6) is 0. The van der Waals surface area contributed by atoms with Crippen LogP contribution < -0.4 is 10.2 Å². The first-order valence-corrected chi connectivity index (χ1v) is 7.46. The van der Waals surface area contributed by atoms with Crippen molar-refractivity contribution in [1.29, 1.82) is 0 Å². The lowest BCUT2D eigenvalue weighted by molar-refractivity contribution is 0.289. The summed E-state index contributed by atoms with van der Waals surface area (Å²) >= 11 is 6.33. The number of hydrogen-bond donors (Lipinski definition) is 2. The van der Waals surface area contributed by atoms with E-state index in [0.717, 1.165) is 49.6 Å². The van der Waals surface area contributed by atoms with Crippen LogP contribution in [0.1, 0.15) is 32.3 Å². The van der Waals surface area contributed by atoms with E-state index >= 15 is 0 Å². The minimum Gasteiger partial charge on any atom is -0.396 e. The third kappa shape index (κ3) is 5.01. The van der Waals surface area contributed by atoms with Crippen molar-refractivity contribution in [1.82, 2.24) is 5.32 Å². The van der Waals surface area contributed by atoms with E-state index in [-0.39, 0.29) is 6.61 Å². The second-order valence-electron chi connectivity index (χ2n) is 4.57. The summed E-state index contributed by atoms with van der Waals surface area (Å²) in [4.78, 5) is 2.27. The average Bonchev–Trinajstić information content (AvgIpc) is 2.42. The van der Waals surface area contributed by atoms with Crippen molar-refractivity contribution >= 4 is 17.3 Å². The van der Waals surface area contributed by atoms with Crippen LogP contribution in [0.25, 0.3) is 0 Å². The van der Waals surface area contributed by atoms with E-state index in [2.05, 4.69) is 30.1 Å². The molecule has 0 aliphatic heterocycles. The molecular weight excluding hydrogens is 260 g/mol. The molecule has 0 spiro atoms. The monoisotopic (exact) mass is 284 g/mol. The predicted molar refractivity (Wildman–Crippen MR) is 83.0 cm³/mol. The molecule has 19 heavy (non-hydrogen) atoms. The minimum absolute atomic E-state index is 0.223. The van der Waals surface area contributed by atoms with E-state index in [1.54, 1.807) is 0 Å². The van der Waals surface area contributed by atoms with Gasteiger partial charge in [-0.2, -0.15) is 0 Å². The minimum atomic E-state index is 0.223. The van der Waals surface area contributed by atoms with E-state index in [1.165, 1.54) is 5.69 Å². The summed E-state index contributed by atoms with van der Waals surface area (Å²) in [7, 11) is 0. The van der Waals surface area contributed by atoms with E-state index in [1.807, 2.05) is 12.1 Å². The largest absolute Gasteiger partial charge is 0.396 e. The predicted octanol–water partition coefficient (Wildman–Crippen LogP) is 3.05. The lowest BCUT2D eigenvalue weighted by Crippen LogP contribution is -2.27. The molecule has 0 fully saturated rings. The molecule has 0 aliphatic rings. The van der Waals surface area contributed by atoms with Crippen molar-refractivity contribution in [3.8, 4) is 0 Å². The highest BCUT2D eigenvalue weighted by molar-refractivity contribution is 6.31. The zero-order valence-corrected chi connectivity index (χ0v) is 12.7.